The monoisotopic (exact) mass is 305 g/mol. The fourth-order valence-electron chi connectivity index (χ4n) is 2.58. The third-order valence-electron chi connectivity index (χ3n) is 4.05. The number of rotatable bonds is 6. The summed E-state index contributed by atoms with van der Waals surface area (Å²) in [5, 5.41) is 12.7. The van der Waals surface area contributed by atoms with Crippen LogP contribution in [0.4, 0.5) is 0 Å². The van der Waals surface area contributed by atoms with Crippen LogP contribution >= 0.6 is 0 Å². The van der Waals surface area contributed by atoms with E-state index in [-0.39, 0.29) is 5.91 Å². The highest BCUT2D eigenvalue weighted by Crippen LogP contribution is 2.15. The molecule has 0 unspecified atom stereocenters. The number of amides is 1. The standard InChI is InChI=1S/C18H27NO3/c1-18(2,21)10-9-14-5-7-16(8-6-14)17(20)19-12-15-4-3-11-22-13-15/h5-8,15,21H,3-4,9-13H2,1-2H3,(H,19,20)/t15-/m1/s1. The second-order valence-corrected chi connectivity index (χ2v) is 6.80. The van der Waals surface area contributed by atoms with Gasteiger partial charge in [-0.25, -0.2) is 0 Å². The Morgan fingerprint density at radius 3 is 2.68 bits per heavy atom. The zero-order valence-corrected chi connectivity index (χ0v) is 13.6. The van der Waals surface area contributed by atoms with Crippen LogP contribution in [0.2, 0.25) is 0 Å². The fraction of sp³-hybridized carbons (Fsp3) is 0.611. The number of benzene rings is 1. The maximum Gasteiger partial charge on any atom is 0.251 e. The molecule has 0 spiro atoms. The first kappa shape index (κ1) is 17.0. The van der Waals surface area contributed by atoms with Crippen molar-refractivity contribution in [2.24, 2.45) is 5.92 Å². The zero-order chi connectivity index (χ0) is 16.0. The molecule has 1 fully saturated rings. The Bertz CT molecular complexity index is 470. The van der Waals surface area contributed by atoms with Crippen LogP contribution in [-0.4, -0.2) is 36.4 Å². The molecule has 0 radical (unpaired) electrons. The lowest BCUT2D eigenvalue weighted by molar-refractivity contribution is 0.0536. The predicted molar refractivity (Wildman–Crippen MR) is 86.9 cm³/mol. The third kappa shape index (κ3) is 5.78. The summed E-state index contributed by atoms with van der Waals surface area (Å²) in [4.78, 5) is 12.1. The summed E-state index contributed by atoms with van der Waals surface area (Å²) in [5.74, 6) is 0.406. The van der Waals surface area contributed by atoms with Gasteiger partial charge in [0.1, 0.15) is 0 Å². The first-order valence-corrected chi connectivity index (χ1v) is 8.11. The zero-order valence-electron chi connectivity index (χ0n) is 13.6. The van der Waals surface area contributed by atoms with Crippen LogP contribution in [0.1, 0.15) is 49.0 Å². The van der Waals surface area contributed by atoms with E-state index in [2.05, 4.69) is 5.32 Å². The molecule has 1 saturated heterocycles. The van der Waals surface area contributed by atoms with Gasteiger partial charge in [0, 0.05) is 18.7 Å². The molecule has 4 nitrogen and oxygen atoms in total. The molecule has 1 aliphatic heterocycles. The van der Waals surface area contributed by atoms with Gasteiger partial charge in [0.2, 0.25) is 0 Å². The summed E-state index contributed by atoms with van der Waals surface area (Å²) in [6, 6.07) is 7.63. The van der Waals surface area contributed by atoms with Gasteiger partial charge < -0.3 is 15.2 Å². The van der Waals surface area contributed by atoms with Crippen LogP contribution in [0, 0.1) is 5.92 Å². The normalized spacial score (nSPS) is 19.0. The number of carbonyl (C=O) groups is 1. The van der Waals surface area contributed by atoms with Crippen LogP contribution in [-0.2, 0) is 11.2 Å². The van der Waals surface area contributed by atoms with Crippen LogP contribution in [0.3, 0.4) is 0 Å². The smallest absolute Gasteiger partial charge is 0.251 e. The fourth-order valence-corrected chi connectivity index (χ4v) is 2.58. The van der Waals surface area contributed by atoms with E-state index >= 15 is 0 Å². The average molecular weight is 305 g/mol. The van der Waals surface area contributed by atoms with Crippen LogP contribution in [0.5, 0.6) is 0 Å². The van der Waals surface area contributed by atoms with Gasteiger partial charge in [-0.3, -0.25) is 4.79 Å². The SMILES string of the molecule is CC(C)(O)CCc1ccc(C(=O)NC[C@H]2CCCOC2)cc1. The molecule has 0 aliphatic carbocycles. The molecule has 0 saturated carbocycles. The van der Waals surface area contributed by atoms with E-state index in [1.165, 1.54) is 0 Å². The van der Waals surface area contributed by atoms with E-state index in [9.17, 15) is 9.90 Å². The van der Waals surface area contributed by atoms with Gasteiger partial charge in [0.05, 0.1) is 12.2 Å². The minimum absolute atomic E-state index is 0.0281. The molecule has 4 heteroatoms. The lowest BCUT2D eigenvalue weighted by Gasteiger charge is -2.22. The third-order valence-corrected chi connectivity index (χ3v) is 4.05. The van der Waals surface area contributed by atoms with Crippen molar-refractivity contribution in [2.75, 3.05) is 19.8 Å². The van der Waals surface area contributed by atoms with Crippen LogP contribution in [0.25, 0.3) is 0 Å². The molecule has 22 heavy (non-hydrogen) atoms. The van der Waals surface area contributed by atoms with E-state index in [0.717, 1.165) is 38.0 Å². The Hall–Kier alpha value is -1.39. The molecule has 1 atom stereocenters. The lowest BCUT2D eigenvalue weighted by atomic mass is 9.98. The van der Waals surface area contributed by atoms with Gasteiger partial charge in [-0.15, -0.1) is 0 Å². The van der Waals surface area contributed by atoms with E-state index < -0.39 is 5.60 Å². The van der Waals surface area contributed by atoms with Crippen molar-refractivity contribution in [1.82, 2.24) is 5.32 Å². The number of aliphatic hydroxyl groups is 1. The predicted octanol–water partition coefficient (Wildman–Crippen LogP) is 2.55. The maximum atomic E-state index is 12.1. The molecular formula is C18H27NO3. The Morgan fingerprint density at radius 1 is 1.36 bits per heavy atom. The minimum atomic E-state index is -0.655. The highest BCUT2D eigenvalue weighted by atomic mass is 16.5. The molecule has 0 aromatic heterocycles. The number of carbonyl (C=O) groups excluding carboxylic acids is 1. The largest absolute Gasteiger partial charge is 0.390 e. The number of aryl methyl sites for hydroxylation is 1. The quantitative estimate of drug-likeness (QED) is 0.849. The lowest BCUT2D eigenvalue weighted by Crippen LogP contribution is -2.33. The molecule has 1 heterocycles. The Labute approximate surface area is 132 Å². The molecule has 0 bridgehead atoms. The van der Waals surface area contributed by atoms with Gasteiger partial charge in [0.25, 0.3) is 5.91 Å². The Kier molecular flexibility index (Phi) is 5.98. The van der Waals surface area contributed by atoms with Gasteiger partial charge >= 0.3 is 0 Å². The summed E-state index contributed by atoms with van der Waals surface area (Å²) in [6.07, 6.45) is 3.72. The molecule has 122 valence electrons. The second-order valence-electron chi connectivity index (χ2n) is 6.80. The molecule has 1 aliphatic rings. The Balaban J connectivity index is 1.80. The molecule has 1 aromatic rings. The molecule has 1 aromatic carbocycles. The topological polar surface area (TPSA) is 58.6 Å². The van der Waals surface area contributed by atoms with Crippen molar-refractivity contribution < 1.29 is 14.6 Å². The molecule has 2 rings (SSSR count). The van der Waals surface area contributed by atoms with E-state index in [0.29, 0.717) is 24.4 Å². The van der Waals surface area contributed by atoms with E-state index in [4.69, 9.17) is 4.74 Å². The highest BCUT2D eigenvalue weighted by Gasteiger charge is 2.15. The maximum absolute atomic E-state index is 12.1. The highest BCUT2D eigenvalue weighted by molar-refractivity contribution is 5.94. The summed E-state index contributed by atoms with van der Waals surface area (Å²) in [5.41, 5.74) is 1.17. The van der Waals surface area contributed by atoms with Crippen LogP contribution < -0.4 is 5.32 Å². The molecule has 2 N–H and O–H groups in total. The van der Waals surface area contributed by atoms with Gasteiger partial charge in [-0.05, 0) is 63.1 Å². The van der Waals surface area contributed by atoms with Crippen molar-refractivity contribution >= 4 is 5.91 Å². The van der Waals surface area contributed by atoms with Crippen molar-refractivity contribution in [3.05, 3.63) is 35.4 Å². The first-order valence-electron chi connectivity index (χ1n) is 8.11. The Morgan fingerprint density at radius 2 is 2.09 bits per heavy atom. The molecular weight excluding hydrogens is 278 g/mol. The van der Waals surface area contributed by atoms with Gasteiger partial charge in [-0.1, -0.05) is 12.1 Å². The van der Waals surface area contributed by atoms with Gasteiger partial charge in [-0.2, -0.15) is 0 Å². The minimum Gasteiger partial charge on any atom is -0.390 e. The van der Waals surface area contributed by atoms with Crippen molar-refractivity contribution in [2.45, 2.75) is 45.1 Å². The first-order chi connectivity index (χ1) is 10.4. The second kappa shape index (κ2) is 7.75. The number of hydrogen-bond donors (Lipinski definition) is 2. The van der Waals surface area contributed by atoms with Gasteiger partial charge in [0.15, 0.2) is 0 Å². The van der Waals surface area contributed by atoms with Crippen LogP contribution in [0.15, 0.2) is 24.3 Å². The molecule has 1 amide bonds. The van der Waals surface area contributed by atoms with Crippen molar-refractivity contribution in [3.63, 3.8) is 0 Å². The number of hydrogen-bond acceptors (Lipinski definition) is 3. The van der Waals surface area contributed by atoms with Crippen molar-refractivity contribution in [3.8, 4) is 0 Å². The summed E-state index contributed by atoms with van der Waals surface area (Å²) in [6.45, 7) is 5.89. The summed E-state index contributed by atoms with van der Waals surface area (Å²) < 4.78 is 5.42. The van der Waals surface area contributed by atoms with Crippen molar-refractivity contribution in [1.29, 1.82) is 0 Å². The summed E-state index contributed by atoms with van der Waals surface area (Å²) in [7, 11) is 0. The average Bonchev–Trinajstić information content (AvgIpc) is 2.51. The van der Waals surface area contributed by atoms with E-state index in [1.54, 1.807) is 0 Å². The number of nitrogens with one attached hydrogen (secondary N) is 1. The summed E-state index contributed by atoms with van der Waals surface area (Å²) >= 11 is 0. The van der Waals surface area contributed by atoms with E-state index in [1.807, 2.05) is 38.1 Å². The number of ether oxygens (including phenoxy) is 1.